The number of aromatic nitrogens is 2. The minimum absolute atomic E-state index is 0.135. The molecule has 0 aliphatic heterocycles. The highest BCUT2D eigenvalue weighted by Crippen LogP contribution is 2.24. The number of amides is 1. The van der Waals surface area contributed by atoms with E-state index in [9.17, 15) is 9.59 Å². The Hall–Kier alpha value is -3.97. The molecule has 0 saturated carbocycles. The number of rotatable bonds is 9. The van der Waals surface area contributed by atoms with Crippen molar-refractivity contribution in [1.29, 1.82) is 0 Å². The van der Waals surface area contributed by atoms with Crippen molar-refractivity contribution in [2.75, 3.05) is 13.2 Å². The number of nitrogens with one attached hydrogen (secondary N) is 1. The highest BCUT2D eigenvalue weighted by Gasteiger charge is 2.24. The van der Waals surface area contributed by atoms with E-state index in [1.165, 1.54) is 0 Å². The summed E-state index contributed by atoms with van der Waals surface area (Å²) in [5.41, 5.74) is 9.55. The van der Waals surface area contributed by atoms with Gasteiger partial charge in [-0.25, -0.2) is 4.98 Å². The number of carbonyl (C=O) groups excluding carboxylic acids is 1. The molecule has 180 valence electrons. The lowest BCUT2D eigenvalue weighted by Crippen LogP contribution is -2.33. The maximum atomic E-state index is 13.5. The van der Waals surface area contributed by atoms with Crippen molar-refractivity contribution in [2.45, 2.75) is 32.7 Å². The summed E-state index contributed by atoms with van der Waals surface area (Å²) in [5.74, 6) is 0.198. The molecule has 4 aromatic rings. The molecule has 3 N–H and O–H groups in total. The van der Waals surface area contributed by atoms with Gasteiger partial charge in [-0.15, -0.1) is 0 Å². The van der Waals surface area contributed by atoms with Crippen LogP contribution in [0.1, 0.15) is 52.1 Å². The van der Waals surface area contributed by atoms with E-state index in [0.29, 0.717) is 54.2 Å². The Labute approximate surface area is 204 Å². The summed E-state index contributed by atoms with van der Waals surface area (Å²) in [4.78, 5) is 31.7. The van der Waals surface area contributed by atoms with Crippen molar-refractivity contribution < 1.29 is 9.53 Å². The molecule has 0 aliphatic carbocycles. The molecular formula is C28H30N4O3. The molecule has 2 aromatic carbocycles. The Morgan fingerprint density at radius 1 is 1.11 bits per heavy atom. The summed E-state index contributed by atoms with van der Waals surface area (Å²) in [6.07, 6.45) is 2.70. The summed E-state index contributed by atoms with van der Waals surface area (Å²) in [6, 6.07) is 20.2. The van der Waals surface area contributed by atoms with Crippen molar-refractivity contribution in [3.8, 4) is 5.75 Å². The van der Waals surface area contributed by atoms with Crippen LogP contribution >= 0.6 is 0 Å². The van der Waals surface area contributed by atoms with Gasteiger partial charge >= 0.3 is 0 Å². The van der Waals surface area contributed by atoms with Gasteiger partial charge in [-0.3, -0.25) is 14.0 Å². The monoisotopic (exact) mass is 470 g/mol. The summed E-state index contributed by atoms with van der Waals surface area (Å²) in [5, 5.41) is 3.09. The molecule has 0 spiro atoms. The van der Waals surface area contributed by atoms with E-state index < -0.39 is 6.04 Å². The lowest BCUT2D eigenvalue weighted by Gasteiger charge is -2.21. The van der Waals surface area contributed by atoms with Crippen LogP contribution in [-0.2, 0) is 6.42 Å². The van der Waals surface area contributed by atoms with Gasteiger partial charge in [0.1, 0.15) is 18.0 Å². The van der Waals surface area contributed by atoms with Gasteiger partial charge in [0.2, 0.25) is 0 Å². The second-order valence-electron chi connectivity index (χ2n) is 8.44. The van der Waals surface area contributed by atoms with Crippen molar-refractivity contribution in [3.05, 3.63) is 111 Å². The van der Waals surface area contributed by atoms with Crippen LogP contribution in [0.4, 0.5) is 0 Å². The molecule has 35 heavy (non-hydrogen) atoms. The molecule has 0 aliphatic rings. The smallest absolute Gasteiger partial charge is 0.261 e. The van der Waals surface area contributed by atoms with E-state index in [1.54, 1.807) is 28.8 Å². The first-order valence-electron chi connectivity index (χ1n) is 11.8. The zero-order chi connectivity index (χ0) is 24.8. The molecule has 0 radical (unpaired) electrons. The molecule has 2 aromatic heterocycles. The standard InChI is InChI=1S/C28H30N4O3/c1-3-23(30-27(33)21-13-12-19(2)17-24(21)35-16-14-29)26-22(18-20-9-5-4-6-10-20)28(34)32-15-8-7-11-25(32)31-26/h4-13,15,17,23H,3,14,16,18,29H2,1-2H3,(H,30,33). The van der Waals surface area contributed by atoms with Gasteiger partial charge in [0, 0.05) is 24.7 Å². The minimum Gasteiger partial charge on any atom is -0.491 e. The van der Waals surface area contributed by atoms with Gasteiger partial charge in [0.25, 0.3) is 11.5 Å². The van der Waals surface area contributed by atoms with Gasteiger partial charge < -0.3 is 15.8 Å². The molecule has 0 fully saturated rings. The predicted molar refractivity (Wildman–Crippen MR) is 137 cm³/mol. The number of carbonyl (C=O) groups is 1. The molecule has 0 bridgehead atoms. The fraction of sp³-hybridized carbons (Fsp3) is 0.250. The highest BCUT2D eigenvalue weighted by molar-refractivity contribution is 5.97. The maximum absolute atomic E-state index is 13.5. The average molecular weight is 471 g/mol. The molecule has 1 amide bonds. The van der Waals surface area contributed by atoms with Crippen LogP contribution in [-0.4, -0.2) is 28.4 Å². The zero-order valence-corrected chi connectivity index (χ0v) is 20.0. The molecule has 7 nitrogen and oxygen atoms in total. The third-order valence-electron chi connectivity index (χ3n) is 5.88. The van der Waals surface area contributed by atoms with Crippen molar-refractivity contribution >= 4 is 11.6 Å². The van der Waals surface area contributed by atoms with Crippen molar-refractivity contribution in [3.63, 3.8) is 0 Å². The Bertz CT molecular complexity index is 1380. The van der Waals surface area contributed by atoms with Crippen LogP contribution in [0, 0.1) is 6.92 Å². The second kappa shape index (κ2) is 11.0. The first kappa shape index (κ1) is 24.2. The number of hydrogen-bond donors (Lipinski definition) is 2. The SMILES string of the molecule is CCC(NC(=O)c1ccc(C)cc1OCCN)c1nc2ccccn2c(=O)c1Cc1ccccc1. The van der Waals surface area contributed by atoms with Gasteiger partial charge in [-0.05, 0) is 48.7 Å². The number of benzene rings is 2. The predicted octanol–water partition coefficient (Wildman–Crippen LogP) is 3.81. The fourth-order valence-electron chi connectivity index (χ4n) is 4.10. The molecule has 7 heteroatoms. The summed E-state index contributed by atoms with van der Waals surface area (Å²) >= 11 is 0. The summed E-state index contributed by atoms with van der Waals surface area (Å²) < 4.78 is 7.28. The minimum atomic E-state index is -0.456. The van der Waals surface area contributed by atoms with Gasteiger partial charge in [0.15, 0.2) is 0 Å². The van der Waals surface area contributed by atoms with Crippen LogP contribution in [0.2, 0.25) is 0 Å². The number of hydrogen-bond acceptors (Lipinski definition) is 5. The summed E-state index contributed by atoms with van der Waals surface area (Å²) in [6.45, 7) is 4.56. The Balaban J connectivity index is 1.75. The Morgan fingerprint density at radius 3 is 2.63 bits per heavy atom. The second-order valence-corrected chi connectivity index (χ2v) is 8.44. The average Bonchev–Trinajstić information content (AvgIpc) is 2.88. The lowest BCUT2D eigenvalue weighted by atomic mass is 9.99. The number of nitrogens with two attached hydrogens (primary N) is 1. The van der Waals surface area contributed by atoms with Gasteiger partial charge in [0.05, 0.1) is 17.3 Å². The van der Waals surface area contributed by atoms with E-state index in [1.807, 2.05) is 62.4 Å². The number of pyridine rings is 1. The quantitative estimate of drug-likeness (QED) is 0.388. The molecule has 4 rings (SSSR count). The lowest BCUT2D eigenvalue weighted by molar-refractivity contribution is 0.0930. The molecule has 1 atom stereocenters. The number of nitrogens with zero attached hydrogens (tertiary/aromatic N) is 2. The first-order valence-corrected chi connectivity index (χ1v) is 11.8. The third kappa shape index (κ3) is 5.41. The van der Waals surface area contributed by atoms with Crippen LogP contribution in [0.3, 0.4) is 0 Å². The van der Waals surface area contributed by atoms with E-state index in [4.69, 9.17) is 15.5 Å². The zero-order valence-electron chi connectivity index (χ0n) is 20.0. The number of ether oxygens (including phenoxy) is 1. The van der Waals surface area contributed by atoms with E-state index in [0.717, 1.165) is 11.1 Å². The maximum Gasteiger partial charge on any atom is 0.261 e. The largest absolute Gasteiger partial charge is 0.491 e. The molecule has 2 heterocycles. The Kier molecular flexibility index (Phi) is 7.57. The van der Waals surface area contributed by atoms with Gasteiger partial charge in [-0.1, -0.05) is 49.4 Å². The highest BCUT2D eigenvalue weighted by atomic mass is 16.5. The van der Waals surface area contributed by atoms with Crippen LogP contribution in [0.15, 0.2) is 77.7 Å². The van der Waals surface area contributed by atoms with Crippen LogP contribution in [0.25, 0.3) is 5.65 Å². The van der Waals surface area contributed by atoms with Crippen LogP contribution in [0.5, 0.6) is 5.75 Å². The van der Waals surface area contributed by atoms with Gasteiger partial charge in [-0.2, -0.15) is 0 Å². The molecular weight excluding hydrogens is 440 g/mol. The normalized spacial score (nSPS) is 11.9. The first-order chi connectivity index (χ1) is 17.0. The van der Waals surface area contributed by atoms with E-state index in [2.05, 4.69) is 5.32 Å². The fourth-order valence-corrected chi connectivity index (χ4v) is 4.10. The number of aryl methyl sites for hydroxylation is 1. The third-order valence-corrected chi connectivity index (χ3v) is 5.88. The van der Waals surface area contributed by atoms with E-state index >= 15 is 0 Å². The van der Waals surface area contributed by atoms with E-state index in [-0.39, 0.29) is 11.5 Å². The summed E-state index contributed by atoms with van der Waals surface area (Å²) in [7, 11) is 0. The van der Waals surface area contributed by atoms with Crippen molar-refractivity contribution in [2.24, 2.45) is 5.73 Å². The van der Waals surface area contributed by atoms with Crippen molar-refractivity contribution in [1.82, 2.24) is 14.7 Å². The Morgan fingerprint density at radius 2 is 1.89 bits per heavy atom. The molecule has 1 unspecified atom stereocenters. The topological polar surface area (TPSA) is 98.7 Å². The number of fused-ring (bicyclic) bond motifs is 1. The van der Waals surface area contributed by atoms with Crippen LogP contribution < -0.4 is 21.3 Å². The molecule has 0 saturated heterocycles.